The molecule has 4 heterocycles. The number of rotatable bonds is 11. The summed E-state index contributed by atoms with van der Waals surface area (Å²) >= 11 is 2.63. The zero-order chi connectivity index (χ0) is 25.6. The van der Waals surface area contributed by atoms with Crippen LogP contribution in [0.25, 0.3) is 20.3 Å². The zero-order valence-electron chi connectivity index (χ0n) is 20.2. The van der Waals surface area contributed by atoms with Gasteiger partial charge < -0.3 is 19.8 Å². The number of ether oxygens (including phenoxy) is 1. The molecule has 3 aromatic heterocycles. The molecule has 2 N–H and O–H groups in total. The molecule has 1 aromatic carbocycles. The van der Waals surface area contributed by atoms with E-state index in [0.29, 0.717) is 47.2 Å². The van der Waals surface area contributed by atoms with Crippen molar-refractivity contribution in [2.24, 2.45) is 0 Å². The second kappa shape index (κ2) is 11.9. The number of hydrogen-bond donors (Lipinski definition) is 2. The standard InChI is InChI=1S/C26H28N4O5S2/c31-21(27-14-17-6-4-12-34-17)10-3-11-30-25(33)24-23(19-8-1-2-9-20(19)37-24)29-26(30)36-16-22(32)28-15-18-7-5-13-35-18/h1-2,5,7-9,13,17H,3-4,6,10-12,14-16H2,(H,27,31)(H,28,32)/t17-/m1/s1. The lowest BCUT2D eigenvalue weighted by molar-refractivity contribution is -0.121. The van der Waals surface area contributed by atoms with Crippen LogP contribution in [0.5, 0.6) is 0 Å². The van der Waals surface area contributed by atoms with Gasteiger partial charge in [0.2, 0.25) is 11.8 Å². The van der Waals surface area contributed by atoms with Gasteiger partial charge in [-0.15, -0.1) is 11.3 Å². The van der Waals surface area contributed by atoms with Crippen molar-refractivity contribution in [2.75, 3.05) is 18.9 Å². The minimum atomic E-state index is -0.189. The number of nitrogens with one attached hydrogen (secondary N) is 2. The first kappa shape index (κ1) is 25.5. The molecular weight excluding hydrogens is 512 g/mol. The van der Waals surface area contributed by atoms with Crippen molar-refractivity contribution < 1.29 is 18.7 Å². The Kier molecular flexibility index (Phi) is 8.22. The molecule has 11 heteroatoms. The first-order valence-electron chi connectivity index (χ1n) is 12.3. The second-order valence-electron chi connectivity index (χ2n) is 8.81. The molecule has 37 heavy (non-hydrogen) atoms. The minimum Gasteiger partial charge on any atom is -0.467 e. The maximum absolute atomic E-state index is 13.5. The zero-order valence-corrected chi connectivity index (χ0v) is 21.9. The normalized spacial score (nSPS) is 15.4. The lowest BCUT2D eigenvalue weighted by atomic mass is 10.2. The highest BCUT2D eigenvalue weighted by Crippen LogP contribution is 2.31. The molecule has 9 nitrogen and oxygen atoms in total. The predicted molar refractivity (Wildman–Crippen MR) is 144 cm³/mol. The molecule has 0 unspecified atom stereocenters. The number of aromatic nitrogens is 2. The number of nitrogens with zero attached hydrogens (tertiary/aromatic N) is 2. The molecule has 1 fully saturated rings. The summed E-state index contributed by atoms with van der Waals surface area (Å²) in [4.78, 5) is 43.1. The topological polar surface area (TPSA) is 115 Å². The van der Waals surface area contributed by atoms with E-state index in [4.69, 9.17) is 14.1 Å². The van der Waals surface area contributed by atoms with Crippen molar-refractivity contribution in [3.05, 3.63) is 58.8 Å². The molecule has 0 bridgehead atoms. The van der Waals surface area contributed by atoms with E-state index in [1.54, 1.807) is 23.0 Å². The van der Waals surface area contributed by atoms with Crippen molar-refractivity contribution in [3.63, 3.8) is 0 Å². The molecule has 1 aliphatic heterocycles. The van der Waals surface area contributed by atoms with Gasteiger partial charge in [0.25, 0.3) is 5.56 Å². The van der Waals surface area contributed by atoms with Gasteiger partial charge in [-0.1, -0.05) is 30.0 Å². The summed E-state index contributed by atoms with van der Waals surface area (Å²) in [6, 6.07) is 11.3. The largest absolute Gasteiger partial charge is 0.467 e. The monoisotopic (exact) mass is 540 g/mol. The van der Waals surface area contributed by atoms with E-state index in [2.05, 4.69) is 10.6 Å². The second-order valence-corrected chi connectivity index (χ2v) is 10.8. The van der Waals surface area contributed by atoms with Crippen LogP contribution in [0.4, 0.5) is 0 Å². The molecule has 0 aliphatic carbocycles. The van der Waals surface area contributed by atoms with Gasteiger partial charge in [0.1, 0.15) is 10.5 Å². The molecule has 1 aliphatic rings. The molecule has 1 atom stereocenters. The molecule has 194 valence electrons. The number of thioether (sulfide) groups is 1. The lowest BCUT2D eigenvalue weighted by Gasteiger charge is -2.13. The van der Waals surface area contributed by atoms with Gasteiger partial charge in [-0.05, 0) is 37.5 Å². The highest BCUT2D eigenvalue weighted by Gasteiger charge is 2.19. The Morgan fingerprint density at radius 1 is 1.16 bits per heavy atom. The number of carbonyl (C=O) groups excluding carboxylic acids is 2. The first-order chi connectivity index (χ1) is 18.1. The maximum atomic E-state index is 13.5. The Morgan fingerprint density at radius 2 is 2.05 bits per heavy atom. The Hall–Kier alpha value is -3.15. The van der Waals surface area contributed by atoms with E-state index in [9.17, 15) is 14.4 Å². The SMILES string of the molecule is O=C(CCCn1c(SCC(=O)NCc2ccco2)nc2c(sc3ccccc32)c1=O)NC[C@H]1CCCO1. The van der Waals surface area contributed by atoms with Gasteiger partial charge >= 0.3 is 0 Å². The van der Waals surface area contributed by atoms with Crippen molar-refractivity contribution in [2.45, 2.75) is 50.0 Å². The third kappa shape index (κ3) is 6.23. The fraction of sp³-hybridized carbons (Fsp3) is 0.385. The van der Waals surface area contributed by atoms with E-state index in [0.717, 1.165) is 29.5 Å². The quantitative estimate of drug-likeness (QED) is 0.220. The third-order valence-corrected chi connectivity index (χ3v) is 8.28. The first-order valence-corrected chi connectivity index (χ1v) is 14.1. The van der Waals surface area contributed by atoms with E-state index >= 15 is 0 Å². The Balaban J connectivity index is 1.29. The van der Waals surface area contributed by atoms with Crippen LogP contribution in [-0.2, 0) is 27.4 Å². The highest BCUT2D eigenvalue weighted by molar-refractivity contribution is 7.99. The predicted octanol–water partition coefficient (Wildman–Crippen LogP) is 3.69. The lowest BCUT2D eigenvalue weighted by Crippen LogP contribution is -2.32. The number of carbonyl (C=O) groups is 2. The van der Waals surface area contributed by atoms with Crippen LogP contribution < -0.4 is 16.2 Å². The van der Waals surface area contributed by atoms with E-state index in [-0.39, 0.29) is 35.7 Å². The summed E-state index contributed by atoms with van der Waals surface area (Å²) in [6.07, 6.45) is 4.41. The third-order valence-electron chi connectivity index (χ3n) is 6.16. The number of fused-ring (bicyclic) bond motifs is 3. The van der Waals surface area contributed by atoms with Crippen LogP contribution in [0.2, 0.25) is 0 Å². The van der Waals surface area contributed by atoms with Crippen molar-refractivity contribution in [3.8, 4) is 0 Å². The van der Waals surface area contributed by atoms with Crippen LogP contribution in [0.15, 0.2) is 57.0 Å². The van der Waals surface area contributed by atoms with Crippen LogP contribution >= 0.6 is 23.1 Å². The summed E-state index contributed by atoms with van der Waals surface area (Å²) in [6.45, 7) is 1.89. The van der Waals surface area contributed by atoms with Crippen LogP contribution in [-0.4, -0.2) is 46.4 Å². The van der Waals surface area contributed by atoms with Gasteiger partial charge in [0.05, 0.1) is 30.2 Å². The number of thiophene rings is 1. The molecule has 4 aromatic rings. The van der Waals surface area contributed by atoms with Gasteiger partial charge in [-0.3, -0.25) is 19.0 Å². The molecule has 0 radical (unpaired) electrons. The molecule has 0 saturated carbocycles. The van der Waals surface area contributed by atoms with Gasteiger partial charge in [0.15, 0.2) is 5.16 Å². The average molecular weight is 541 g/mol. The molecule has 0 spiro atoms. The van der Waals surface area contributed by atoms with Crippen molar-refractivity contribution in [1.82, 2.24) is 20.2 Å². The number of furan rings is 1. The van der Waals surface area contributed by atoms with Crippen LogP contribution in [0.3, 0.4) is 0 Å². The maximum Gasteiger partial charge on any atom is 0.272 e. The van der Waals surface area contributed by atoms with Crippen molar-refractivity contribution in [1.29, 1.82) is 0 Å². The van der Waals surface area contributed by atoms with Gasteiger partial charge in [-0.2, -0.15) is 0 Å². The van der Waals surface area contributed by atoms with E-state index in [1.165, 1.54) is 23.1 Å². The Bertz CT molecular complexity index is 1440. The average Bonchev–Trinajstić information content (AvgIpc) is 3.68. The van der Waals surface area contributed by atoms with Crippen molar-refractivity contribution >= 4 is 55.2 Å². The minimum absolute atomic E-state index is 0.0639. The van der Waals surface area contributed by atoms with Crippen LogP contribution in [0, 0.1) is 0 Å². The fourth-order valence-electron chi connectivity index (χ4n) is 4.26. The van der Waals surface area contributed by atoms with Crippen LogP contribution in [0.1, 0.15) is 31.4 Å². The van der Waals surface area contributed by atoms with E-state index in [1.807, 2.05) is 24.3 Å². The molecule has 2 amide bonds. The van der Waals surface area contributed by atoms with Gasteiger partial charge in [-0.25, -0.2) is 4.98 Å². The number of hydrogen-bond acceptors (Lipinski definition) is 8. The summed E-state index contributed by atoms with van der Waals surface area (Å²) in [5.74, 6) is 0.511. The summed E-state index contributed by atoms with van der Waals surface area (Å²) in [5.41, 5.74) is 0.499. The summed E-state index contributed by atoms with van der Waals surface area (Å²) in [5, 5.41) is 7.13. The smallest absolute Gasteiger partial charge is 0.272 e. The summed E-state index contributed by atoms with van der Waals surface area (Å²) in [7, 11) is 0. The Labute approximate surface area is 221 Å². The molecule has 1 saturated heterocycles. The van der Waals surface area contributed by atoms with E-state index < -0.39 is 0 Å². The van der Waals surface area contributed by atoms with Gasteiger partial charge in [0, 0.05) is 36.2 Å². The highest BCUT2D eigenvalue weighted by atomic mass is 32.2. The molecule has 5 rings (SSSR count). The number of amides is 2. The molecular formula is C26H28N4O5S2. The summed E-state index contributed by atoms with van der Waals surface area (Å²) < 4.78 is 14.0. The Morgan fingerprint density at radius 3 is 2.86 bits per heavy atom. The fourth-order valence-corrected chi connectivity index (χ4v) is 6.20. The number of benzene rings is 1.